The van der Waals surface area contributed by atoms with Crippen molar-refractivity contribution in [2.75, 3.05) is 18.5 Å². The number of hydrogen-bond acceptors (Lipinski definition) is 4. The lowest BCUT2D eigenvalue weighted by Gasteiger charge is -2.30. The zero-order valence-electron chi connectivity index (χ0n) is 14.4. The van der Waals surface area contributed by atoms with E-state index in [2.05, 4.69) is 15.6 Å². The molecule has 0 aliphatic heterocycles. The summed E-state index contributed by atoms with van der Waals surface area (Å²) in [7, 11) is 0. The van der Waals surface area contributed by atoms with E-state index >= 15 is 0 Å². The molecule has 2 N–H and O–H groups in total. The zero-order chi connectivity index (χ0) is 17.6. The van der Waals surface area contributed by atoms with Crippen molar-refractivity contribution in [3.63, 3.8) is 0 Å². The lowest BCUT2D eigenvalue weighted by molar-refractivity contribution is -0.126. The summed E-state index contributed by atoms with van der Waals surface area (Å²) >= 11 is 6.05. The molecule has 5 nitrogen and oxygen atoms in total. The highest BCUT2D eigenvalue weighted by atomic mass is 35.5. The number of hydrogen-bond donors (Lipinski definition) is 2. The predicted octanol–water partition coefficient (Wildman–Crippen LogP) is 3.76. The molecule has 0 spiro atoms. The quantitative estimate of drug-likeness (QED) is 0.822. The van der Waals surface area contributed by atoms with Crippen molar-refractivity contribution < 1.29 is 9.53 Å². The molecule has 0 bridgehead atoms. The third-order valence-corrected chi connectivity index (χ3v) is 4.83. The number of nitrogens with one attached hydrogen (secondary N) is 2. The first-order valence-corrected chi connectivity index (χ1v) is 9.21. The highest BCUT2D eigenvalue weighted by Crippen LogP contribution is 2.28. The Hall–Kier alpha value is -1.85. The van der Waals surface area contributed by atoms with E-state index in [1.54, 1.807) is 6.20 Å². The predicted molar refractivity (Wildman–Crippen MR) is 101 cm³/mol. The van der Waals surface area contributed by atoms with Crippen molar-refractivity contribution in [1.29, 1.82) is 0 Å². The minimum atomic E-state index is -0.0183. The summed E-state index contributed by atoms with van der Waals surface area (Å²) in [5.74, 6) is -0.0183. The SMILES string of the molecule is CCOCC(=O)NC1CCC(Nc2ccnc3cc(Cl)ccc23)CC1. The molecule has 1 aliphatic rings. The maximum absolute atomic E-state index is 11.7. The molecule has 134 valence electrons. The molecule has 1 aromatic heterocycles. The molecule has 25 heavy (non-hydrogen) atoms. The number of amides is 1. The van der Waals surface area contributed by atoms with Gasteiger partial charge in [-0.1, -0.05) is 11.6 Å². The normalized spacial score (nSPS) is 20.4. The lowest BCUT2D eigenvalue weighted by atomic mass is 9.91. The Kier molecular flexibility index (Phi) is 6.10. The second kappa shape index (κ2) is 8.50. The summed E-state index contributed by atoms with van der Waals surface area (Å²) in [6.45, 7) is 2.61. The maximum atomic E-state index is 11.7. The molecular weight excluding hydrogens is 338 g/mol. The topological polar surface area (TPSA) is 63.2 Å². The molecule has 1 heterocycles. The number of fused-ring (bicyclic) bond motifs is 1. The number of benzene rings is 1. The molecular formula is C19H24ClN3O2. The number of nitrogens with zero attached hydrogens (tertiary/aromatic N) is 1. The van der Waals surface area contributed by atoms with Crippen LogP contribution in [0.25, 0.3) is 10.9 Å². The molecule has 6 heteroatoms. The van der Waals surface area contributed by atoms with Crippen molar-refractivity contribution >= 4 is 34.1 Å². The van der Waals surface area contributed by atoms with Gasteiger partial charge in [-0.2, -0.15) is 0 Å². The number of anilines is 1. The zero-order valence-corrected chi connectivity index (χ0v) is 15.2. The Balaban J connectivity index is 1.55. The first-order chi connectivity index (χ1) is 12.2. The van der Waals surface area contributed by atoms with Crippen molar-refractivity contribution in [2.24, 2.45) is 0 Å². The van der Waals surface area contributed by atoms with Crippen LogP contribution in [0.4, 0.5) is 5.69 Å². The van der Waals surface area contributed by atoms with Crippen LogP contribution in [-0.4, -0.2) is 36.2 Å². The lowest BCUT2D eigenvalue weighted by Crippen LogP contribution is -2.41. The second-order valence-electron chi connectivity index (χ2n) is 6.42. The van der Waals surface area contributed by atoms with Gasteiger partial charge in [-0.15, -0.1) is 0 Å². The van der Waals surface area contributed by atoms with Gasteiger partial charge in [0.2, 0.25) is 5.91 Å². The molecule has 1 amide bonds. The van der Waals surface area contributed by atoms with Gasteiger partial charge in [0.25, 0.3) is 0 Å². The molecule has 3 rings (SSSR count). The fraction of sp³-hybridized carbons (Fsp3) is 0.474. The van der Waals surface area contributed by atoms with Gasteiger partial charge < -0.3 is 15.4 Å². The molecule has 1 aromatic carbocycles. The van der Waals surface area contributed by atoms with Crippen LogP contribution in [-0.2, 0) is 9.53 Å². The monoisotopic (exact) mass is 361 g/mol. The van der Waals surface area contributed by atoms with E-state index in [-0.39, 0.29) is 18.6 Å². The van der Waals surface area contributed by atoms with Gasteiger partial charge in [-0.3, -0.25) is 9.78 Å². The van der Waals surface area contributed by atoms with Crippen LogP contribution < -0.4 is 10.6 Å². The fourth-order valence-corrected chi connectivity index (χ4v) is 3.48. The Morgan fingerprint density at radius 2 is 2.00 bits per heavy atom. The Labute approximate surface area is 153 Å². The average Bonchev–Trinajstić information content (AvgIpc) is 2.61. The smallest absolute Gasteiger partial charge is 0.246 e. The van der Waals surface area contributed by atoms with Crippen molar-refractivity contribution in [3.05, 3.63) is 35.5 Å². The van der Waals surface area contributed by atoms with Crippen molar-refractivity contribution in [3.8, 4) is 0 Å². The van der Waals surface area contributed by atoms with Gasteiger partial charge in [-0.05, 0) is 56.9 Å². The Morgan fingerprint density at radius 1 is 1.24 bits per heavy atom. The van der Waals surface area contributed by atoms with Crippen molar-refractivity contribution in [2.45, 2.75) is 44.7 Å². The van der Waals surface area contributed by atoms with E-state index in [1.807, 2.05) is 31.2 Å². The summed E-state index contributed by atoms with van der Waals surface area (Å²) in [4.78, 5) is 16.1. The van der Waals surface area contributed by atoms with Crippen LogP contribution in [0.5, 0.6) is 0 Å². The average molecular weight is 362 g/mol. The summed E-state index contributed by atoms with van der Waals surface area (Å²) in [6.07, 6.45) is 5.81. The molecule has 1 fully saturated rings. The minimum Gasteiger partial charge on any atom is -0.382 e. The van der Waals surface area contributed by atoms with E-state index in [0.717, 1.165) is 42.3 Å². The highest BCUT2D eigenvalue weighted by molar-refractivity contribution is 6.31. The minimum absolute atomic E-state index is 0.0183. The van der Waals surface area contributed by atoms with Gasteiger partial charge in [0, 0.05) is 41.0 Å². The summed E-state index contributed by atoms with van der Waals surface area (Å²) in [5, 5.41) is 8.47. The highest BCUT2D eigenvalue weighted by Gasteiger charge is 2.22. The molecule has 0 radical (unpaired) electrons. The molecule has 0 atom stereocenters. The van der Waals surface area contributed by atoms with Gasteiger partial charge >= 0.3 is 0 Å². The molecule has 2 aromatic rings. The third kappa shape index (κ3) is 4.83. The first kappa shape index (κ1) is 18.0. The second-order valence-corrected chi connectivity index (χ2v) is 6.85. The van der Waals surface area contributed by atoms with E-state index in [9.17, 15) is 4.79 Å². The van der Waals surface area contributed by atoms with Gasteiger partial charge in [-0.25, -0.2) is 0 Å². The summed E-state index contributed by atoms with van der Waals surface area (Å²) in [6, 6.07) is 8.44. The van der Waals surface area contributed by atoms with Crippen LogP contribution in [0.1, 0.15) is 32.6 Å². The fourth-order valence-electron chi connectivity index (χ4n) is 3.31. The number of carbonyl (C=O) groups excluding carboxylic acids is 1. The number of pyridine rings is 1. The van der Waals surface area contributed by atoms with E-state index in [4.69, 9.17) is 16.3 Å². The summed E-state index contributed by atoms with van der Waals surface area (Å²) < 4.78 is 5.15. The van der Waals surface area contributed by atoms with Crippen molar-refractivity contribution in [1.82, 2.24) is 10.3 Å². The Morgan fingerprint density at radius 3 is 2.76 bits per heavy atom. The number of aromatic nitrogens is 1. The van der Waals surface area contributed by atoms with Gasteiger partial charge in [0.05, 0.1) is 5.52 Å². The van der Waals surface area contributed by atoms with E-state index in [0.29, 0.717) is 17.7 Å². The van der Waals surface area contributed by atoms with Crippen LogP contribution in [0.15, 0.2) is 30.5 Å². The van der Waals surface area contributed by atoms with E-state index < -0.39 is 0 Å². The third-order valence-electron chi connectivity index (χ3n) is 4.59. The van der Waals surface area contributed by atoms with Crippen LogP contribution in [0.2, 0.25) is 5.02 Å². The molecule has 1 saturated carbocycles. The standard InChI is InChI=1S/C19H24ClN3O2/c1-2-25-12-19(24)23-15-6-4-14(5-7-15)22-17-9-10-21-18-11-13(20)3-8-16(17)18/h3,8-11,14-15H,2,4-7,12H2,1H3,(H,21,22)(H,23,24). The Bertz CT molecular complexity index is 730. The van der Waals surface area contributed by atoms with Crippen LogP contribution in [0, 0.1) is 0 Å². The van der Waals surface area contributed by atoms with Crippen LogP contribution >= 0.6 is 11.6 Å². The first-order valence-electron chi connectivity index (χ1n) is 8.83. The molecule has 1 aliphatic carbocycles. The molecule has 0 saturated heterocycles. The number of halogens is 1. The number of ether oxygens (including phenoxy) is 1. The molecule has 0 unspecified atom stereocenters. The van der Waals surface area contributed by atoms with Crippen LogP contribution in [0.3, 0.4) is 0 Å². The van der Waals surface area contributed by atoms with E-state index in [1.165, 1.54) is 0 Å². The summed E-state index contributed by atoms with van der Waals surface area (Å²) in [5.41, 5.74) is 1.99. The largest absolute Gasteiger partial charge is 0.382 e. The van der Waals surface area contributed by atoms with Gasteiger partial charge in [0.1, 0.15) is 6.61 Å². The number of rotatable bonds is 6. The van der Waals surface area contributed by atoms with Gasteiger partial charge in [0.15, 0.2) is 0 Å². The maximum Gasteiger partial charge on any atom is 0.246 e. The number of carbonyl (C=O) groups is 1.